The second kappa shape index (κ2) is 6.48. The van der Waals surface area contributed by atoms with Gasteiger partial charge in [-0.3, -0.25) is 4.90 Å². The van der Waals surface area contributed by atoms with Crippen LogP contribution in [0.5, 0.6) is 0 Å². The molecule has 2 heterocycles. The van der Waals surface area contributed by atoms with Crippen LogP contribution < -0.4 is 0 Å². The molecule has 1 aromatic rings. The molecule has 0 spiro atoms. The zero-order valence-corrected chi connectivity index (χ0v) is 12.2. The zero-order valence-electron chi connectivity index (χ0n) is 12.2. The number of piperidine rings is 1. The van der Waals surface area contributed by atoms with Crippen molar-refractivity contribution in [3.63, 3.8) is 0 Å². The summed E-state index contributed by atoms with van der Waals surface area (Å²) in [6, 6.07) is 0. The first-order valence-corrected chi connectivity index (χ1v) is 7.26. The molecular formula is C14H25N3O2. The summed E-state index contributed by atoms with van der Waals surface area (Å²) in [5, 5.41) is 13.9. The molecule has 1 aliphatic rings. The molecule has 19 heavy (non-hydrogen) atoms. The fourth-order valence-corrected chi connectivity index (χ4v) is 2.32. The van der Waals surface area contributed by atoms with Crippen LogP contribution in [0.1, 0.15) is 45.3 Å². The van der Waals surface area contributed by atoms with Crippen LogP contribution in [0.15, 0.2) is 4.52 Å². The van der Waals surface area contributed by atoms with Gasteiger partial charge >= 0.3 is 0 Å². The molecule has 0 radical (unpaired) electrons. The Morgan fingerprint density at radius 3 is 2.95 bits per heavy atom. The number of rotatable bonds is 5. The molecule has 0 bridgehead atoms. The van der Waals surface area contributed by atoms with Crippen molar-refractivity contribution in [3.05, 3.63) is 11.7 Å². The van der Waals surface area contributed by atoms with Crippen molar-refractivity contribution >= 4 is 0 Å². The van der Waals surface area contributed by atoms with Crippen LogP contribution in [-0.4, -0.2) is 39.3 Å². The Labute approximate surface area is 115 Å². The number of aromatic nitrogens is 2. The first-order valence-electron chi connectivity index (χ1n) is 7.26. The molecule has 1 saturated heterocycles. The van der Waals surface area contributed by atoms with E-state index in [1.807, 2.05) is 0 Å². The van der Waals surface area contributed by atoms with E-state index in [1.54, 1.807) is 0 Å². The summed E-state index contributed by atoms with van der Waals surface area (Å²) < 4.78 is 5.28. The number of β-amino-alcohol motifs (C(OH)–C–C–N with tert-alkyl or cyclic N) is 1. The lowest BCUT2D eigenvalue weighted by atomic mass is 9.96. The van der Waals surface area contributed by atoms with Gasteiger partial charge in [-0.15, -0.1) is 0 Å². The van der Waals surface area contributed by atoms with E-state index >= 15 is 0 Å². The highest BCUT2D eigenvalue weighted by molar-refractivity contribution is 4.88. The van der Waals surface area contributed by atoms with E-state index in [2.05, 4.69) is 35.8 Å². The Morgan fingerprint density at radius 2 is 2.26 bits per heavy atom. The largest absolute Gasteiger partial charge is 0.392 e. The fourth-order valence-electron chi connectivity index (χ4n) is 2.32. The van der Waals surface area contributed by atoms with E-state index < -0.39 is 0 Å². The highest BCUT2D eigenvalue weighted by Crippen LogP contribution is 2.18. The first kappa shape index (κ1) is 14.5. The Kier molecular flexibility index (Phi) is 4.93. The lowest BCUT2D eigenvalue weighted by Crippen LogP contribution is -2.42. The summed E-state index contributed by atoms with van der Waals surface area (Å²) in [6.07, 6.45) is 2.74. The molecule has 2 unspecified atom stereocenters. The number of aryl methyl sites for hydroxylation is 1. The van der Waals surface area contributed by atoms with Gasteiger partial charge in [0.05, 0.1) is 12.6 Å². The highest BCUT2D eigenvalue weighted by atomic mass is 16.5. The van der Waals surface area contributed by atoms with Gasteiger partial charge in [0.1, 0.15) is 0 Å². The Hall–Kier alpha value is -0.940. The Bertz CT molecular complexity index is 392. The molecule has 2 atom stereocenters. The van der Waals surface area contributed by atoms with Gasteiger partial charge in [-0.2, -0.15) is 4.98 Å². The number of hydrogen-bond acceptors (Lipinski definition) is 5. The summed E-state index contributed by atoms with van der Waals surface area (Å²) in [5.74, 6) is 2.51. The molecule has 0 amide bonds. The maximum Gasteiger partial charge on any atom is 0.240 e. The van der Waals surface area contributed by atoms with E-state index in [0.29, 0.717) is 30.8 Å². The molecule has 5 heteroatoms. The standard InChI is InChI=1S/C14H25N3O2/c1-10(2)4-5-13-15-14(19-16-13)9-17-7-6-11(3)12(18)8-17/h10-12,18H,4-9H2,1-3H3. The summed E-state index contributed by atoms with van der Waals surface area (Å²) in [6.45, 7) is 8.82. The minimum absolute atomic E-state index is 0.239. The van der Waals surface area contributed by atoms with Gasteiger partial charge in [0, 0.05) is 13.0 Å². The molecule has 1 aliphatic heterocycles. The van der Waals surface area contributed by atoms with Gasteiger partial charge in [-0.25, -0.2) is 0 Å². The molecule has 1 aromatic heterocycles. The third-order valence-electron chi connectivity index (χ3n) is 3.82. The van der Waals surface area contributed by atoms with Crippen LogP contribution in [0.3, 0.4) is 0 Å². The summed E-state index contributed by atoms with van der Waals surface area (Å²) in [4.78, 5) is 6.60. The lowest BCUT2D eigenvalue weighted by Gasteiger charge is -2.33. The molecular weight excluding hydrogens is 242 g/mol. The summed E-state index contributed by atoms with van der Waals surface area (Å²) >= 11 is 0. The fraction of sp³-hybridized carbons (Fsp3) is 0.857. The van der Waals surface area contributed by atoms with Crippen LogP contribution in [-0.2, 0) is 13.0 Å². The molecule has 2 rings (SSSR count). The van der Waals surface area contributed by atoms with Crippen LogP contribution in [0.4, 0.5) is 0 Å². The predicted molar refractivity (Wildman–Crippen MR) is 72.5 cm³/mol. The second-order valence-corrected chi connectivity index (χ2v) is 6.11. The van der Waals surface area contributed by atoms with E-state index in [4.69, 9.17) is 4.52 Å². The average molecular weight is 267 g/mol. The van der Waals surface area contributed by atoms with Crippen molar-refractivity contribution in [2.24, 2.45) is 11.8 Å². The van der Waals surface area contributed by atoms with Crippen LogP contribution in [0.2, 0.25) is 0 Å². The molecule has 1 fully saturated rings. The predicted octanol–water partition coefficient (Wildman–Crippen LogP) is 1.86. The van der Waals surface area contributed by atoms with Gasteiger partial charge < -0.3 is 9.63 Å². The molecule has 0 aromatic carbocycles. The van der Waals surface area contributed by atoms with Gasteiger partial charge in [-0.05, 0) is 31.2 Å². The third-order valence-corrected chi connectivity index (χ3v) is 3.82. The number of likely N-dealkylation sites (tertiary alicyclic amines) is 1. The quantitative estimate of drug-likeness (QED) is 0.882. The normalized spacial score (nSPS) is 25.1. The van der Waals surface area contributed by atoms with Crippen molar-refractivity contribution in [2.75, 3.05) is 13.1 Å². The highest BCUT2D eigenvalue weighted by Gasteiger charge is 2.25. The average Bonchev–Trinajstić information content (AvgIpc) is 2.79. The topological polar surface area (TPSA) is 62.4 Å². The van der Waals surface area contributed by atoms with E-state index in [-0.39, 0.29) is 6.10 Å². The van der Waals surface area contributed by atoms with E-state index in [9.17, 15) is 5.11 Å². The Morgan fingerprint density at radius 1 is 1.47 bits per heavy atom. The molecule has 0 aliphatic carbocycles. The summed E-state index contributed by atoms with van der Waals surface area (Å²) in [7, 11) is 0. The van der Waals surface area contributed by atoms with Crippen molar-refractivity contribution in [1.82, 2.24) is 15.0 Å². The van der Waals surface area contributed by atoms with Gasteiger partial charge in [0.25, 0.3) is 0 Å². The number of aliphatic hydroxyl groups excluding tert-OH is 1. The van der Waals surface area contributed by atoms with Crippen molar-refractivity contribution in [1.29, 1.82) is 0 Å². The maximum atomic E-state index is 9.87. The maximum absolute atomic E-state index is 9.87. The number of hydrogen-bond donors (Lipinski definition) is 1. The molecule has 0 saturated carbocycles. The number of nitrogens with zero attached hydrogens (tertiary/aromatic N) is 3. The summed E-state index contributed by atoms with van der Waals surface area (Å²) in [5.41, 5.74) is 0. The van der Waals surface area contributed by atoms with Crippen LogP contribution in [0, 0.1) is 11.8 Å². The van der Waals surface area contributed by atoms with Gasteiger partial charge in [-0.1, -0.05) is 25.9 Å². The minimum atomic E-state index is -0.239. The van der Waals surface area contributed by atoms with E-state index in [0.717, 1.165) is 31.6 Å². The smallest absolute Gasteiger partial charge is 0.240 e. The minimum Gasteiger partial charge on any atom is -0.392 e. The Balaban J connectivity index is 1.83. The second-order valence-electron chi connectivity index (χ2n) is 6.11. The lowest BCUT2D eigenvalue weighted by molar-refractivity contribution is 0.0220. The van der Waals surface area contributed by atoms with Gasteiger partial charge in [0.2, 0.25) is 5.89 Å². The van der Waals surface area contributed by atoms with Crippen molar-refractivity contribution in [2.45, 2.75) is 52.7 Å². The monoisotopic (exact) mass is 267 g/mol. The van der Waals surface area contributed by atoms with Crippen molar-refractivity contribution in [3.8, 4) is 0 Å². The van der Waals surface area contributed by atoms with E-state index in [1.165, 1.54) is 0 Å². The SMILES string of the molecule is CC(C)CCc1noc(CN2CCC(C)C(O)C2)n1. The van der Waals surface area contributed by atoms with Crippen LogP contribution >= 0.6 is 0 Å². The van der Waals surface area contributed by atoms with Crippen molar-refractivity contribution < 1.29 is 9.63 Å². The first-order chi connectivity index (χ1) is 9.04. The molecule has 1 N–H and O–H groups in total. The van der Waals surface area contributed by atoms with Gasteiger partial charge in [0.15, 0.2) is 5.82 Å². The molecule has 5 nitrogen and oxygen atoms in total. The molecule has 108 valence electrons. The third kappa shape index (κ3) is 4.28. The zero-order chi connectivity index (χ0) is 13.8. The van der Waals surface area contributed by atoms with Crippen LogP contribution in [0.25, 0.3) is 0 Å². The number of aliphatic hydroxyl groups is 1.